The van der Waals surface area contributed by atoms with E-state index in [-0.39, 0.29) is 5.91 Å². The van der Waals surface area contributed by atoms with E-state index in [1.165, 1.54) is 32.1 Å². The average Bonchev–Trinajstić information content (AvgIpc) is 2.71. The number of amides is 2. The van der Waals surface area contributed by atoms with Crippen molar-refractivity contribution in [2.75, 3.05) is 24.0 Å². The number of hydrogen-bond acceptors (Lipinski definition) is 6. The van der Waals surface area contributed by atoms with Gasteiger partial charge in [-0.2, -0.15) is 11.8 Å². The SMILES string of the molecule is COc1ccc(NNC(=O)C(CSCC2CCCCC2)NC(=O)OC(C)(C)C)cc1. The Labute approximate surface area is 184 Å². The summed E-state index contributed by atoms with van der Waals surface area (Å²) in [7, 11) is 1.60. The van der Waals surface area contributed by atoms with Gasteiger partial charge in [0.1, 0.15) is 17.4 Å². The van der Waals surface area contributed by atoms with Crippen molar-refractivity contribution in [2.24, 2.45) is 5.92 Å². The fourth-order valence-electron chi connectivity index (χ4n) is 3.23. The molecule has 0 aromatic heterocycles. The Bertz CT molecular complexity index is 670. The van der Waals surface area contributed by atoms with Gasteiger partial charge in [0.15, 0.2) is 0 Å². The summed E-state index contributed by atoms with van der Waals surface area (Å²) < 4.78 is 10.5. The molecule has 7 nitrogen and oxygen atoms in total. The number of benzene rings is 1. The van der Waals surface area contributed by atoms with Gasteiger partial charge in [0.25, 0.3) is 5.91 Å². The van der Waals surface area contributed by atoms with Crippen LogP contribution < -0.4 is 20.9 Å². The summed E-state index contributed by atoms with van der Waals surface area (Å²) in [6, 6.07) is 6.50. The number of ether oxygens (including phenoxy) is 2. The highest BCUT2D eigenvalue weighted by atomic mass is 32.2. The van der Waals surface area contributed by atoms with Gasteiger partial charge in [0.2, 0.25) is 0 Å². The van der Waals surface area contributed by atoms with Crippen molar-refractivity contribution >= 4 is 29.4 Å². The molecule has 1 atom stereocenters. The fourth-order valence-corrected chi connectivity index (χ4v) is 4.51. The standard InChI is InChI=1S/C22H35N3O4S/c1-22(2,3)29-21(27)23-19(15-30-14-16-8-6-5-7-9-16)20(26)25-24-17-10-12-18(28-4)13-11-17/h10-13,16,19,24H,5-9,14-15H2,1-4H3,(H,23,27)(H,25,26). The first-order valence-corrected chi connectivity index (χ1v) is 11.7. The summed E-state index contributed by atoms with van der Waals surface area (Å²) in [5.74, 6) is 2.62. The first-order chi connectivity index (χ1) is 14.3. The van der Waals surface area contributed by atoms with Gasteiger partial charge < -0.3 is 14.8 Å². The van der Waals surface area contributed by atoms with E-state index < -0.39 is 17.7 Å². The Hall–Kier alpha value is -2.09. The zero-order chi connectivity index (χ0) is 22.0. The van der Waals surface area contributed by atoms with Crippen molar-refractivity contribution < 1.29 is 19.1 Å². The largest absolute Gasteiger partial charge is 0.497 e. The summed E-state index contributed by atoms with van der Waals surface area (Å²) in [5, 5.41) is 2.71. The van der Waals surface area contributed by atoms with Crippen LogP contribution in [0.5, 0.6) is 5.75 Å². The van der Waals surface area contributed by atoms with Crippen molar-refractivity contribution in [2.45, 2.75) is 64.5 Å². The first-order valence-electron chi connectivity index (χ1n) is 10.5. The van der Waals surface area contributed by atoms with Crippen molar-refractivity contribution in [3.63, 3.8) is 0 Å². The number of hydrazine groups is 1. The summed E-state index contributed by atoms with van der Waals surface area (Å²) in [6.07, 6.45) is 5.81. The molecule has 2 amide bonds. The lowest BCUT2D eigenvalue weighted by Gasteiger charge is -2.25. The van der Waals surface area contributed by atoms with Gasteiger partial charge in [-0.3, -0.25) is 15.6 Å². The van der Waals surface area contributed by atoms with E-state index in [0.29, 0.717) is 11.7 Å². The Morgan fingerprint density at radius 3 is 2.40 bits per heavy atom. The number of nitrogens with one attached hydrogen (secondary N) is 3. The van der Waals surface area contributed by atoms with Crippen LogP contribution in [0, 0.1) is 5.92 Å². The number of hydrogen-bond donors (Lipinski definition) is 3. The smallest absolute Gasteiger partial charge is 0.408 e. The van der Waals surface area contributed by atoms with Crippen LogP contribution in [-0.4, -0.2) is 42.3 Å². The normalized spacial score (nSPS) is 15.7. The van der Waals surface area contributed by atoms with Gasteiger partial charge in [0.05, 0.1) is 12.8 Å². The third-order valence-corrected chi connectivity index (χ3v) is 6.07. The zero-order valence-corrected chi connectivity index (χ0v) is 19.3. The lowest BCUT2D eigenvalue weighted by molar-refractivity contribution is -0.122. The number of rotatable bonds is 9. The predicted molar refractivity (Wildman–Crippen MR) is 122 cm³/mol. The molecule has 0 aliphatic heterocycles. The van der Waals surface area contributed by atoms with Crippen LogP contribution in [0.25, 0.3) is 0 Å². The maximum atomic E-state index is 12.7. The molecule has 1 fully saturated rings. The number of alkyl carbamates (subject to hydrolysis) is 1. The molecule has 168 valence electrons. The lowest BCUT2D eigenvalue weighted by Crippen LogP contribution is -2.51. The van der Waals surface area contributed by atoms with Crippen LogP contribution in [0.1, 0.15) is 52.9 Å². The van der Waals surface area contributed by atoms with E-state index in [4.69, 9.17) is 9.47 Å². The summed E-state index contributed by atoms with van der Waals surface area (Å²) in [5.41, 5.74) is 5.66. The maximum absolute atomic E-state index is 12.7. The molecule has 30 heavy (non-hydrogen) atoms. The van der Waals surface area contributed by atoms with Gasteiger partial charge >= 0.3 is 6.09 Å². The second kappa shape index (κ2) is 11.9. The van der Waals surface area contributed by atoms with Gasteiger partial charge in [-0.05, 0) is 69.5 Å². The van der Waals surface area contributed by atoms with E-state index in [1.54, 1.807) is 63.9 Å². The Kier molecular flexibility index (Phi) is 9.62. The van der Waals surface area contributed by atoms with E-state index in [2.05, 4.69) is 16.2 Å². The quantitative estimate of drug-likeness (QED) is 0.498. The van der Waals surface area contributed by atoms with Crippen molar-refractivity contribution in [3.05, 3.63) is 24.3 Å². The van der Waals surface area contributed by atoms with E-state index >= 15 is 0 Å². The molecule has 1 aliphatic rings. The molecule has 1 unspecified atom stereocenters. The minimum Gasteiger partial charge on any atom is -0.497 e. The summed E-state index contributed by atoms with van der Waals surface area (Å²) in [6.45, 7) is 5.39. The predicted octanol–water partition coefficient (Wildman–Crippen LogP) is 4.35. The molecule has 0 saturated heterocycles. The fraction of sp³-hybridized carbons (Fsp3) is 0.636. The molecule has 0 bridgehead atoms. The molecule has 8 heteroatoms. The highest BCUT2D eigenvalue weighted by Crippen LogP contribution is 2.27. The molecular formula is C22H35N3O4S. The van der Waals surface area contributed by atoms with E-state index in [0.717, 1.165) is 17.2 Å². The molecular weight excluding hydrogens is 402 g/mol. The van der Waals surface area contributed by atoms with Gasteiger partial charge in [-0.15, -0.1) is 0 Å². The van der Waals surface area contributed by atoms with Crippen LogP contribution >= 0.6 is 11.8 Å². The number of anilines is 1. The van der Waals surface area contributed by atoms with Crippen molar-refractivity contribution in [1.82, 2.24) is 10.7 Å². The van der Waals surface area contributed by atoms with E-state index in [9.17, 15) is 9.59 Å². The third-order valence-electron chi connectivity index (χ3n) is 4.79. The number of carbonyl (C=O) groups is 2. The monoisotopic (exact) mass is 437 g/mol. The van der Waals surface area contributed by atoms with Crippen LogP contribution in [0.3, 0.4) is 0 Å². The number of thioether (sulfide) groups is 1. The number of methoxy groups -OCH3 is 1. The summed E-state index contributed by atoms with van der Waals surface area (Å²) >= 11 is 1.71. The first kappa shape index (κ1) is 24.2. The molecule has 1 aromatic carbocycles. The second-order valence-electron chi connectivity index (χ2n) is 8.58. The lowest BCUT2D eigenvalue weighted by atomic mass is 9.91. The molecule has 0 radical (unpaired) electrons. The van der Waals surface area contributed by atoms with Gasteiger partial charge in [-0.1, -0.05) is 19.3 Å². The van der Waals surface area contributed by atoms with Crippen LogP contribution in [-0.2, 0) is 9.53 Å². The van der Waals surface area contributed by atoms with Crippen molar-refractivity contribution in [1.29, 1.82) is 0 Å². The minimum absolute atomic E-state index is 0.312. The van der Waals surface area contributed by atoms with Crippen LogP contribution in [0.4, 0.5) is 10.5 Å². The Morgan fingerprint density at radius 2 is 1.80 bits per heavy atom. The van der Waals surface area contributed by atoms with E-state index in [1.807, 2.05) is 0 Å². The van der Waals surface area contributed by atoms with Crippen molar-refractivity contribution in [3.8, 4) is 5.75 Å². The topological polar surface area (TPSA) is 88.7 Å². The van der Waals surface area contributed by atoms with Gasteiger partial charge in [-0.25, -0.2) is 4.79 Å². The molecule has 1 saturated carbocycles. The maximum Gasteiger partial charge on any atom is 0.408 e. The molecule has 0 heterocycles. The highest BCUT2D eigenvalue weighted by molar-refractivity contribution is 7.99. The number of carbonyl (C=O) groups excluding carboxylic acids is 2. The van der Waals surface area contributed by atoms with Crippen LogP contribution in [0.15, 0.2) is 24.3 Å². The molecule has 0 spiro atoms. The Morgan fingerprint density at radius 1 is 1.13 bits per heavy atom. The summed E-state index contributed by atoms with van der Waals surface area (Å²) in [4.78, 5) is 25.0. The highest BCUT2D eigenvalue weighted by Gasteiger charge is 2.25. The van der Waals surface area contributed by atoms with Crippen LogP contribution in [0.2, 0.25) is 0 Å². The molecule has 3 N–H and O–H groups in total. The molecule has 1 aliphatic carbocycles. The molecule has 1 aromatic rings. The third kappa shape index (κ3) is 9.15. The zero-order valence-electron chi connectivity index (χ0n) is 18.5. The average molecular weight is 438 g/mol. The Balaban J connectivity index is 1.89. The van der Waals surface area contributed by atoms with Gasteiger partial charge in [0, 0.05) is 5.75 Å². The molecule has 2 rings (SSSR count). The second-order valence-corrected chi connectivity index (χ2v) is 9.66. The minimum atomic E-state index is -0.695.